The summed E-state index contributed by atoms with van der Waals surface area (Å²) in [6, 6.07) is 2.95. The average molecular weight is 562 g/mol. The van der Waals surface area contributed by atoms with E-state index in [0.717, 1.165) is 16.5 Å². The number of aliphatic hydroxyl groups is 1. The number of carboxylic acids is 1. The third-order valence-electron chi connectivity index (χ3n) is 6.66. The van der Waals surface area contributed by atoms with E-state index in [1.165, 1.54) is 6.92 Å². The van der Waals surface area contributed by atoms with Crippen molar-refractivity contribution in [3.8, 4) is 0 Å². The van der Waals surface area contributed by atoms with E-state index in [0.29, 0.717) is 38.8 Å². The maximum atomic E-state index is 13.2. The van der Waals surface area contributed by atoms with Crippen molar-refractivity contribution in [2.24, 2.45) is 17.2 Å². The number of fused-ring (bicyclic) bond motifs is 1. The Morgan fingerprint density at radius 1 is 0.875 bits per heavy atom. The lowest BCUT2D eigenvalue weighted by molar-refractivity contribution is -0.143. The molecule has 40 heavy (non-hydrogen) atoms. The van der Waals surface area contributed by atoms with E-state index in [4.69, 9.17) is 17.2 Å². The van der Waals surface area contributed by atoms with Crippen molar-refractivity contribution < 1.29 is 29.4 Å². The zero-order chi connectivity index (χ0) is 29.7. The molecule has 222 valence electrons. The fourth-order valence-electron chi connectivity index (χ4n) is 4.34. The van der Waals surface area contributed by atoms with Crippen molar-refractivity contribution in [1.29, 1.82) is 0 Å². The molecule has 0 aliphatic carbocycles. The molecule has 0 fully saturated rings. The Hall–Kier alpha value is -3.52. The molecule has 0 spiro atoms. The summed E-state index contributed by atoms with van der Waals surface area (Å²) in [5.74, 6) is -3.36. The molecule has 2 rings (SSSR count). The van der Waals surface area contributed by atoms with Gasteiger partial charge in [0.25, 0.3) is 0 Å². The Morgan fingerprint density at radius 2 is 1.48 bits per heavy atom. The molecule has 1 aromatic heterocycles. The molecule has 13 heteroatoms. The predicted octanol–water partition coefficient (Wildman–Crippen LogP) is -0.784. The number of amides is 3. The number of carboxylic acid groups (broad SMARTS) is 1. The van der Waals surface area contributed by atoms with Crippen molar-refractivity contribution >= 4 is 34.6 Å². The summed E-state index contributed by atoms with van der Waals surface area (Å²) in [4.78, 5) is 53.8. The molecule has 0 radical (unpaired) electrons. The van der Waals surface area contributed by atoms with Crippen LogP contribution >= 0.6 is 0 Å². The molecule has 1 heterocycles. The Kier molecular flexibility index (Phi) is 13.5. The van der Waals surface area contributed by atoms with Crippen LogP contribution in [0.15, 0.2) is 30.5 Å². The fourth-order valence-corrected chi connectivity index (χ4v) is 4.34. The highest BCUT2D eigenvalue weighted by molar-refractivity contribution is 5.94. The van der Waals surface area contributed by atoms with Gasteiger partial charge in [-0.15, -0.1) is 0 Å². The highest BCUT2D eigenvalue weighted by Gasteiger charge is 2.32. The number of carbonyl (C=O) groups is 4. The van der Waals surface area contributed by atoms with Crippen molar-refractivity contribution in [3.63, 3.8) is 0 Å². The van der Waals surface area contributed by atoms with Gasteiger partial charge in [0.05, 0.1) is 12.1 Å². The second-order valence-corrected chi connectivity index (χ2v) is 9.93. The molecular weight excluding hydrogens is 518 g/mol. The smallest absolute Gasteiger partial charge is 0.326 e. The van der Waals surface area contributed by atoms with Gasteiger partial charge in [0, 0.05) is 17.1 Å². The lowest BCUT2D eigenvalue weighted by Gasteiger charge is -2.26. The standard InChI is InChI=1S/C27H43N7O6/c1-16(35)23(26(38)33-22(27(39)40)11-5-7-13-29)34-25(37)21(10-4-6-12-28)32-24(36)19(30)14-17-15-31-20-9-3-2-8-18(17)20/h2-3,8-9,15-16,19,21-23,31,35H,4-7,10-14,28-30H2,1H3,(H,32,36)(H,33,38)(H,34,37)(H,39,40). The van der Waals surface area contributed by atoms with Crippen molar-refractivity contribution in [2.45, 2.75) is 82.1 Å². The third kappa shape index (κ3) is 9.90. The van der Waals surface area contributed by atoms with Crippen molar-refractivity contribution in [3.05, 3.63) is 36.0 Å². The lowest BCUT2D eigenvalue weighted by atomic mass is 10.0. The van der Waals surface area contributed by atoms with Gasteiger partial charge in [0.1, 0.15) is 18.1 Å². The Bertz CT molecular complexity index is 1120. The quantitative estimate of drug-likeness (QED) is 0.104. The molecule has 0 bridgehead atoms. The van der Waals surface area contributed by atoms with Gasteiger partial charge in [-0.1, -0.05) is 18.2 Å². The number of benzene rings is 1. The van der Waals surface area contributed by atoms with E-state index in [2.05, 4.69) is 20.9 Å². The molecule has 1 aromatic carbocycles. The molecule has 3 amide bonds. The van der Waals surface area contributed by atoms with Gasteiger partial charge in [-0.3, -0.25) is 14.4 Å². The second kappa shape index (κ2) is 16.6. The van der Waals surface area contributed by atoms with E-state index in [9.17, 15) is 29.4 Å². The molecule has 2 aromatic rings. The summed E-state index contributed by atoms with van der Waals surface area (Å²) in [5.41, 5.74) is 19.0. The van der Waals surface area contributed by atoms with E-state index in [1.54, 1.807) is 6.20 Å². The summed E-state index contributed by atoms with van der Waals surface area (Å²) >= 11 is 0. The van der Waals surface area contributed by atoms with Gasteiger partial charge in [0.15, 0.2) is 0 Å². The van der Waals surface area contributed by atoms with E-state index in [-0.39, 0.29) is 19.3 Å². The van der Waals surface area contributed by atoms with Gasteiger partial charge in [-0.2, -0.15) is 0 Å². The van der Waals surface area contributed by atoms with Crippen LogP contribution < -0.4 is 33.2 Å². The number of hydrogen-bond acceptors (Lipinski definition) is 8. The molecule has 5 unspecified atom stereocenters. The van der Waals surface area contributed by atoms with Crippen LogP contribution in [0.1, 0.15) is 51.0 Å². The number of aromatic nitrogens is 1. The van der Waals surface area contributed by atoms with Crippen molar-refractivity contribution in [1.82, 2.24) is 20.9 Å². The largest absolute Gasteiger partial charge is 0.480 e. The molecule has 12 N–H and O–H groups in total. The minimum atomic E-state index is -1.45. The Morgan fingerprint density at radius 3 is 2.08 bits per heavy atom. The first-order valence-corrected chi connectivity index (χ1v) is 13.6. The lowest BCUT2D eigenvalue weighted by Crippen LogP contribution is -2.59. The maximum absolute atomic E-state index is 13.2. The summed E-state index contributed by atoms with van der Waals surface area (Å²) in [6.07, 6.45) is 3.22. The third-order valence-corrected chi connectivity index (χ3v) is 6.66. The van der Waals surface area contributed by atoms with Crippen LogP contribution in [0, 0.1) is 0 Å². The van der Waals surface area contributed by atoms with E-state index >= 15 is 0 Å². The fraction of sp³-hybridized carbons (Fsp3) is 0.556. The van der Waals surface area contributed by atoms with E-state index in [1.807, 2.05) is 24.3 Å². The highest BCUT2D eigenvalue weighted by atomic mass is 16.4. The normalized spacial score (nSPS) is 15.0. The Balaban J connectivity index is 2.09. The number of H-pyrrole nitrogens is 1. The number of aliphatic hydroxyl groups excluding tert-OH is 1. The molecule has 0 aliphatic heterocycles. The molecule has 0 saturated carbocycles. The highest BCUT2D eigenvalue weighted by Crippen LogP contribution is 2.19. The van der Waals surface area contributed by atoms with Gasteiger partial charge < -0.3 is 48.3 Å². The van der Waals surface area contributed by atoms with Crippen LogP contribution in [0.5, 0.6) is 0 Å². The van der Waals surface area contributed by atoms with Crippen LogP contribution in [0.25, 0.3) is 10.9 Å². The second-order valence-electron chi connectivity index (χ2n) is 9.93. The number of aliphatic carboxylic acids is 1. The molecular formula is C27H43N7O6. The monoisotopic (exact) mass is 561 g/mol. The summed E-state index contributed by atoms with van der Waals surface area (Å²) in [7, 11) is 0. The van der Waals surface area contributed by atoms with Crippen LogP contribution in [-0.2, 0) is 25.6 Å². The zero-order valence-corrected chi connectivity index (χ0v) is 22.9. The number of nitrogens with two attached hydrogens (primary N) is 3. The maximum Gasteiger partial charge on any atom is 0.326 e. The topological polar surface area (TPSA) is 239 Å². The Labute approximate surface area is 233 Å². The predicted molar refractivity (Wildman–Crippen MR) is 151 cm³/mol. The summed E-state index contributed by atoms with van der Waals surface area (Å²) in [6.45, 7) is 2.07. The number of unbranched alkanes of at least 4 members (excludes halogenated alkanes) is 2. The van der Waals surface area contributed by atoms with Crippen molar-refractivity contribution in [2.75, 3.05) is 13.1 Å². The van der Waals surface area contributed by atoms with Gasteiger partial charge >= 0.3 is 5.97 Å². The minimum Gasteiger partial charge on any atom is -0.480 e. The average Bonchev–Trinajstić information content (AvgIpc) is 3.32. The number of nitrogens with one attached hydrogen (secondary N) is 4. The molecule has 13 nitrogen and oxygen atoms in total. The van der Waals surface area contributed by atoms with Gasteiger partial charge in [0.2, 0.25) is 17.7 Å². The molecule has 5 atom stereocenters. The number of carbonyl (C=O) groups excluding carboxylic acids is 3. The first kappa shape index (κ1) is 32.7. The van der Waals surface area contributed by atoms with Crippen LogP contribution in [-0.4, -0.2) is 82.2 Å². The SMILES string of the molecule is CC(O)C(NC(=O)C(CCCCN)NC(=O)C(N)Cc1c[nH]c2ccccc12)C(=O)NC(CCCCN)C(=O)O. The van der Waals surface area contributed by atoms with Crippen LogP contribution in [0.2, 0.25) is 0 Å². The van der Waals surface area contributed by atoms with Gasteiger partial charge in [-0.25, -0.2) is 4.79 Å². The molecule has 0 saturated heterocycles. The van der Waals surface area contributed by atoms with E-state index < -0.39 is 54.0 Å². The molecule has 0 aliphatic rings. The minimum absolute atomic E-state index is 0.144. The number of aromatic amines is 1. The van der Waals surface area contributed by atoms with Crippen LogP contribution in [0.3, 0.4) is 0 Å². The van der Waals surface area contributed by atoms with Crippen LogP contribution in [0.4, 0.5) is 0 Å². The first-order valence-electron chi connectivity index (χ1n) is 13.6. The number of hydrogen-bond donors (Lipinski definition) is 9. The zero-order valence-electron chi connectivity index (χ0n) is 22.9. The first-order chi connectivity index (χ1) is 19.1. The summed E-state index contributed by atoms with van der Waals surface area (Å²) in [5, 5.41) is 28.1. The van der Waals surface area contributed by atoms with Gasteiger partial charge in [-0.05, 0) is 76.6 Å². The number of rotatable bonds is 18. The summed E-state index contributed by atoms with van der Waals surface area (Å²) < 4.78 is 0. The number of para-hydroxylation sites is 1.